The Morgan fingerprint density at radius 3 is 2.37 bits per heavy atom. The Bertz CT molecular complexity index is 1190. The Morgan fingerprint density at radius 2 is 1.63 bits per heavy atom. The van der Waals surface area contributed by atoms with Crippen molar-refractivity contribution in [2.45, 2.75) is 20.4 Å². The first-order valence-corrected chi connectivity index (χ1v) is 9.07. The molecule has 3 heteroatoms. The van der Waals surface area contributed by atoms with E-state index in [0.717, 1.165) is 27.6 Å². The molecular weight excluding hydrogens is 332 g/mol. The molecule has 1 heterocycles. The molecule has 0 saturated heterocycles. The second kappa shape index (κ2) is 6.76. The van der Waals surface area contributed by atoms with Gasteiger partial charge in [-0.05, 0) is 60.2 Å². The fraction of sp³-hybridized carbons (Fsp3) is 0.125. The van der Waals surface area contributed by atoms with Crippen LogP contribution in [0.4, 0.5) is 5.69 Å². The first-order valence-electron chi connectivity index (χ1n) is 9.07. The number of nitrogens with zero attached hydrogens (tertiary/aromatic N) is 1. The van der Waals surface area contributed by atoms with Crippen LogP contribution in [0, 0.1) is 13.8 Å². The molecule has 0 spiro atoms. The first kappa shape index (κ1) is 17.1. The van der Waals surface area contributed by atoms with Crippen LogP contribution in [0.1, 0.15) is 16.7 Å². The fourth-order valence-electron chi connectivity index (χ4n) is 3.54. The minimum atomic E-state index is 0.0277. The summed E-state index contributed by atoms with van der Waals surface area (Å²) in [6.07, 6.45) is 0. The van der Waals surface area contributed by atoms with E-state index in [-0.39, 0.29) is 5.56 Å². The summed E-state index contributed by atoms with van der Waals surface area (Å²) in [4.78, 5) is 13.3. The maximum Gasteiger partial charge on any atom is 0.259 e. The van der Waals surface area contributed by atoms with Crippen molar-refractivity contribution in [3.8, 4) is 11.3 Å². The molecule has 4 rings (SSSR count). The number of benzene rings is 3. The lowest BCUT2D eigenvalue weighted by Crippen LogP contribution is -2.23. The maximum atomic E-state index is 13.3. The van der Waals surface area contributed by atoms with Crippen molar-refractivity contribution in [2.75, 3.05) is 5.73 Å². The second-order valence-electron chi connectivity index (χ2n) is 7.06. The van der Waals surface area contributed by atoms with E-state index in [1.54, 1.807) is 0 Å². The van der Waals surface area contributed by atoms with Gasteiger partial charge in [0.2, 0.25) is 0 Å². The molecule has 0 aliphatic heterocycles. The lowest BCUT2D eigenvalue weighted by Gasteiger charge is -2.16. The number of nitrogens with two attached hydrogens (primary N) is 1. The minimum Gasteiger partial charge on any atom is -0.399 e. The zero-order valence-electron chi connectivity index (χ0n) is 15.6. The predicted molar refractivity (Wildman–Crippen MR) is 113 cm³/mol. The van der Waals surface area contributed by atoms with Crippen molar-refractivity contribution >= 4 is 16.5 Å². The van der Waals surface area contributed by atoms with Crippen molar-refractivity contribution in [1.29, 1.82) is 0 Å². The highest BCUT2D eigenvalue weighted by Crippen LogP contribution is 2.25. The van der Waals surface area contributed by atoms with E-state index in [4.69, 9.17) is 5.73 Å². The van der Waals surface area contributed by atoms with Crippen LogP contribution in [0.3, 0.4) is 0 Å². The molecule has 1 aromatic heterocycles. The quantitative estimate of drug-likeness (QED) is 0.531. The molecule has 0 aliphatic rings. The Kier molecular flexibility index (Phi) is 4.28. The molecule has 0 radical (unpaired) electrons. The van der Waals surface area contributed by atoms with E-state index < -0.39 is 0 Å². The Balaban J connectivity index is 1.96. The summed E-state index contributed by atoms with van der Waals surface area (Å²) in [5.41, 5.74) is 12.0. The van der Waals surface area contributed by atoms with E-state index in [0.29, 0.717) is 12.2 Å². The molecule has 0 amide bonds. The zero-order valence-corrected chi connectivity index (χ0v) is 15.6. The van der Waals surface area contributed by atoms with E-state index in [9.17, 15) is 4.79 Å². The lowest BCUT2D eigenvalue weighted by molar-refractivity contribution is 0.772. The summed E-state index contributed by atoms with van der Waals surface area (Å²) in [5.74, 6) is 0. The van der Waals surface area contributed by atoms with Crippen molar-refractivity contribution in [3.05, 3.63) is 99.8 Å². The van der Waals surface area contributed by atoms with E-state index in [2.05, 4.69) is 38.1 Å². The number of fused-ring (bicyclic) bond motifs is 1. The minimum absolute atomic E-state index is 0.0277. The van der Waals surface area contributed by atoms with Gasteiger partial charge >= 0.3 is 0 Å². The van der Waals surface area contributed by atoms with Gasteiger partial charge in [0.1, 0.15) is 0 Å². The third kappa shape index (κ3) is 3.24. The van der Waals surface area contributed by atoms with Crippen molar-refractivity contribution < 1.29 is 0 Å². The molecule has 4 aromatic rings. The van der Waals surface area contributed by atoms with Crippen LogP contribution in [-0.2, 0) is 6.54 Å². The molecule has 3 aromatic carbocycles. The summed E-state index contributed by atoms with van der Waals surface area (Å²) in [7, 11) is 0. The predicted octanol–water partition coefficient (Wildman–Crippen LogP) is 4.92. The van der Waals surface area contributed by atoms with E-state index >= 15 is 0 Å². The molecule has 27 heavy (non-hydrogen) atoms. The normalized spacial score (nSPS) is 11.0. The first-order chi connectivity index (χ1) is 13.0. The molecule has 3 nitrogen and oxygen atoms in total. The molecule has 0 saturated carbocycles. The van der Waals surface area contributed by atoms with Crippen LogP contribution in [0.25, 0.3) is 22.0 Å². The van der Waals surface area contributed by atoms with Crippen LogP contribution in [-0.4, -0.2) is 4.57 Å². The average Bonchev–Trinajstić information content (AvgIpc) is 2.66. The van der Waals surface area contributed by atoms with Gasteiger partial charge < -0.3 is 10.3 Å². The van der Waals surface area contributed by atoms with Crippen molar-refractivity contribution in [3.63, 3.8) is 0 Å². The largest absolute Gasteiger partial charge is 0.399 e. The standard InChI is InChI=1S/C24H22N2O/c1-16-7-8-20(17(2)13-16)15-26-23(18-9-11-21(25)12-10-18)14-19-5-3-4-6-22(19)24(26)27/h3-14H,15,25H2,1-2H3. The number of nitrogen functional groups attached to an aromatic ring is 1. The third-order valence-electron chi connectivity index (χ3n) is 5.05. The molecule has 0 fully saturated rings. The molecule has 0 bridgehead atoms. The van der Waals surface area contributed by atoms with Gasteiger partial charge in [-0.3, -0.25) is 4.79 Å². The molecule has 0 unspecified atom stereocenters. The van der Waals surface area contributed by atoms with Crippen LogP contribution >= 0.6 is 0 Å². The molecule has 0 aliphatic carbocycles. The van der Waals surface area contributed by atoms with Gasteiger partial charge in [0.05, 0.1) is 12.2 Å². The Hall–Kier alpha value is -3.33. The van der Waals surface area contributed by atoms with Crippen molar-refractivity contribution in [1.82, 2.24) is 4.57 Å². The van der Waals surface area contributed by atoms with Gasteiger partial charge in [0, 0.05) is 11.1 Å². The van der Waals surface area contributed by atoms with Crippen molar-refractivity contribution in [2.24, 2.45) is 0 Å². The molecule has 2 N–H and O–H groups in total. The summed E-state index contributed by atoms with van der Waals surface area (Å²) < 4.78 is 1.87. The summed E-state index contributed by atoms with van der Waals surface area (Å²) in [6, 6.07) is 23.9. The highest BCUT2D eigenvalue weighted by atomic mass is 16.1. The topological polar surface area (TPSA) is 48.0 Å². The van der Waals surface area contributed by atoms with Gasteiger partial charge in [-0.1, -0.05) is 54.1 Å². The Labute approximate surface area is 158 Å². The summed E-state index contributed by atoms with van der Waals surface area (Å²) in [5, 5.41) is 1.69. The Morgan fingerprint density at radius 1 is 0.889 bits per heavy atom. The van der Waals surface area contributed by atoms with Gasteiger partial charge in [0.15, 0.2) is 0 Å². The van der Waals surface area contributed by atoms with Gasteiger partial charge in [0.25, 0.3) is 5.56 Å². The average molecular weight is 354 g/mol. The maximum absolute atomic E-state index is 13.3. The van der Waals surface area contributed by atoms with Crippen LogP contribution in [0.2, 0.25) is 0 Å². The monoisotopic (exact) mass is 354 g/mol. The SMILES string of the molecule is Cc1ccc(Cn2c(-c3ccc(N)cc3)cc3ccccc3c2=O)c(C)c1. The smallest absolute Gasteiger partial charge is 0.259 e. The van der Waals surface area contributed by atoms with Crippen LogP contribution < -0.4 is 11.3 Å². The second-order valence-corrected chi connectivity index (χ2v) is 7.06. The number of rotatable bonds is 3. The number of anilines is 1. The molecular formula is C24H22N2O. The lowest BCUT2D eigenvalue weighted by atomic mass is 10.0. The van der Waals surface area contributed by atoms with E-state index in [1.807, 2.05) is 53.1 Å². The van der Waals surface area contributed by atoms with E-state index in [1.165, 1.54) is 11.1 Å². The number of pyridine rings is 1. The van der Waals surface area contributed by atoms with Crippen LogP contribution in [0.5, 0.6) is 0 Å². The van der Waals surface area contributed by atoms with Gasteiger partial charge in [-0.2, -0.15) is 0 Å². The zero-order chi connectivity index (χ0) is 19.0. The number of hydrogen-bond donors (Lipinski definition) is 1. The molecule has 0 atom stereocenters. The highest BCUT2D eigenvalue weighted by molar-refractivity contribution is 5.85. The fourth-order valence-corrected chi connectivity index (χ4v) is 3.54. The molecule has 134 valence electrons. The van der Waals surface area contributed by atoms with Crippen LogP contribution in [0.15, 0.2) is 77.6 Å². The van der Waals surface area contributed by atoms with Gasteiger partial charge in [-0.15, -0.1) is 0 Å². The summed E-state index contributed by atoms with van der Waals surface area (Å²) in [6.45, 7) is 4.71. The number of aromatic nitrogens is 1. The summed E-state index contributed by atoms with van der Waals surface area (Å²) >= 11 is 0. The highest BCUT2D eigenvalue weighted by Gasteiger charge is 2.12. The number of hydrogen-bond acceptors (Lipinski definition) is 2. The van der Waals surface area contributed by atoms with Gasteiger partial charge in [-0.25, -0.2) is 0 Å². The number of aryl methyl sites for hydroxylation is 2. The third-order valence-corrected chi connectivity index (χ3v) is 5.05.